The summed E-state index contributed by atoms with van der Waals surface area (Å²) in [4.78, 5) is 37.9. The summed E-state index contributed by atoms with van der Waals surface area (Å²) >= 11 is 0. The molecule has 1 aromatic carbocycles. The van der Waals surface area contributed by atoms with Crippen LogP contribution in [0.2, 0.25) is 0 Å². The molecule has 1 aromatic rings. The zero-order valence-electron chi connectivity index (χ0n) is 17.3. The number of Topliss-reactive ketones (excluding diaryl/α,β-unsaturated/α-hetero) is 2. The molecule has 0 radical (unpaired) electrons. The van der Waals surface area contributed by atoms with Gasteiger partial charge in [-0.3, -0.25) is 14.4 Å². The average Bonchev–Trinajstić information content (AvgIpc) is 2.69. The monoisotopic (exact) mass is 446 g/mol. The number of aliphatic hydroxyl groups is 2. The average molecular weight is 446 g/mol. The van der Waals surface area contributed by atoms with Crippen LogP contribution in [0.25, 0.3) is 0 Å². The Labute approximate surface area is 181 Å². The van der Waals surface area contributed by atoms with Crippen LogP contribution in [0.1, 0.15) is 71.1 Å². The number of carbonyl (C=O) groups is 3. The maximum atomic E-state index is 13.4. The topological polar surface area (TPSA) is 171 Å². The minimum Gasteiger partial charge on any atom is -0.507 e. The van der Waals surface area contributed by atoms with E-state index in [1.54, 1.807) is 0 Å². The number of aromatic hydroxyl groups is 2. The number of carboxylic acid groups (broad SMARTS) is 1. The van der Waals surface area contributed by atoms with Crippen molar-refractivity contribution < 1.29 is 49.4 Å². The van der Waals surface area contributed by atoms with Gasteiger partial charge >= 0.3 is 5.97 Å². The Kier molecular flexibility index (Phi) is 4.35. The first-order chi connectivity index (χ1) is 15.0. The molecule has 0 amide bonds. The van der Waals surface area contributed by atoms with Gasteiger partial charge in [0.25, 0.3) is 0 Å². The van der Waals surface area contributed by atoms with Crippen LogP contribution in [-0.4, -0.2) is 67.5 Å². The van der Waals surface area contributed by atoms with E-state index in [1.807, 2.05) is 0 Å². The lowest BCUT2D eigenvalue weighted by Gasteiger charge is -2.52. The van der Waals surface area contributed by atoms with Gasteiger partial charge in [-0.15, -0.1) is 0 Å². The molecule has 1 fully saturated rings. The number of phenolic OH excluding ortho intramolecular Hbond substituents is 2. The second kappa shape index (κ2) is 6.61. The maximum Gasteiger partial charge on any atom is 0.305 e. The van der Waals surface area contributed by atoms with Crippen molar-refractivity contribution in [1.82, 2.24) is 0 Å². The Bertz CT molecular complexity index is 1120. The molecule has 6 atom stereocenters. The van der Waals surface area contributed by atoms with Crippen LogP contribution in [0.4, 0.5) is 0 Å². The fourth-order valence-corrected chi connectivity index (χ4v) is 5.64. The number of rotatable bonds is 2. The smallest absolute Gasteiger partial charge is 0.305 e. The number of aliphatic hydroxyl groups excluding tert-OH is 1. The highest BCUT2D eigenvalue weighted by molar-refractivity contribution is 6.29. The molecule has 2 aliphatic carbocycles. The van der Waals surface area contributed by atoms with E-state index in [0.29, 0.717) is 0 Å². The fourth-order valence-electron chi connectivity index (χ4n) is 5.64. The van der Waals surface area contributed by atoms with E-state index < -0.39 is 76.3 Å². The number of carbonyl (C=O) groups excluding carboxylic acids is 2. The lowest BCUT2D eigenvalue weighted by atomic mass is 9.66. The molecule has 32 heavy (non-hydrogen) atoms. The summed E-state index contributed by atoms with van der Waals surface area (Å²) in [5, 5.41) is 53.0. The molecule has 5 N–H and O–H groups in total. The van der Waals surface area contributed by atoms with Crippen molar-refractivity contribution in [3.05, 3.63) is 33.4 Å². The zero-order valence-corrected chi connectivity index (χ0v) is 17.3. The van der Waals surface area contributed by atoms with Gasteiger partial charge in [0.05, 0.1) is 48.1 Å². The molecule has 2 bridgehead atoms. The minimum atomic E-state index is -2.08. The number of ketones is 2. The van der Waals surface area contributed by atoms with Gasteiger partial charge in [-0.1, -0.05) is 0 Å². The van der Waals surface area contributed by atoms with Crippen molar-refractivity contribution in [2.24, 2.45) is 0 Å². The summed E-state index contributed by atoms with van der Waals surface area (Å²) in [6.07, 6.45) is -5.47. The number of aliphatic carboxylic acids is 1. The van der Waals surface area contributed by atoms with Gasteiger partial charge in [0.15, 0.2) is 11.6 Å². The van der Waals surface area contributed by atoms with Crippen LogP contribution in [-0.2, 0) is 19.9 Å². The minimum absolute atomic E-state index is 0.0170. The predicted octanol–water partition coefficient (Wildman–Crippen LogP) is 0.837. The van der Waals surface area contributed by atoms with Gasteiger partial charge in [0.1, 0.15) is 17.1 Å². The van der Waals surface area contributed by atoms with Gasteiger partial charge in [-0.05, 0) is 13.8 Å². The Morgan fingerprint density at radius 2 is 1.75 bits per heavy atom. The van der Waals surface area contributed by atoms with Crippen molar-refractivity contribution in [2.45, 2.75) is 69.2 Å². The van der Waals surface area contributed by atoms with Crippen LogP contribution >= 0.6 is 0 Å². The van der Waals surface area contributed by atoms with Crippen LogP contribution in [0.15, 0.2) is 11.1 Å². The molecule has 6 rings (SSSR count). The van der Waals surface area contributed by atoms with Crippen molar-refractivity contribution in [3.8, 4) is 11.5 Å². The highest BCUT2D eigenvalue weighted by Gasteiger charge is 2.59. The van der Waals surface area contributed by atoms with E-state index >= 15 is 0 Å². The van der Waals surface area contributed by atoms with E-state index in [-0.39, 0.29) is 41.5 Å². The molecule has 5 aliphatic rings. The molecule has 10 nitrogen and oxygen atoms in total. The first kappa shape index (κ1) is 21.1. The Morgan fingerprint density at radius 3 is 2.38 bits per heavy atom. The lowest BCUT2D eigenvalue weighted by molar-refractivity contribution is -0.246. The van der Waals surface area contributed by atoms with Gasteiger partial charge < -0.3 is 35.0 Å². The number of fused-ring (bicyclic) bond motifs is 3. The Morgan fingerprint density at radius 1 is 1.09 bits per heavy atom. The third-order valence-electron chi connectivity index (χ3n) is 7.08. The van der Waals surface area contributed by atoms with Gasteiger partial charge in [0.2, 0.25) is 0 Å². The predicted molar refractivity (Wildman–Crippen MR) is 104 cm³/mol. The quantitative estimate of drug-likeness (QED) is 0.410. The SMILES string of the molecule is C[C@@H]1O[C@@H](CC(=O)O)CC2=C1C(=O)c1c(O)c3c(c(O)c1C2=O)[C@@H]1CC(O)[C@]3(O)[C@@H](C)O1. The van der Waals surface area contributed by atoms with Crippen LogP contribution < -0.4 is 0 Å². The summed E-state index contributed by atoms with van der Waals surface area (Å²) in [5.74, 6) is -3.85. The van der Waals surface area contributed by atoms with Crippen LogP contribution in [0.5, 0.6) is 11.5 Å². The van der Waals surface area contributed by atoms with Gasteiger partial charge in [-0.25, -0.2) is 0 Å². The third-order valence-corrected chi connectivity index (χ3v) is 7.08. The summed E-state index contributed by atoms with van der Waals surface area (Å²) < 4.78 is 11.3. The molecule has 0 spiro atoms. The standard InChI is InChI=1S/C22H22O10/c1-6-13-9(3-8(31-6)4-12(24)25)18(26)15-16(19(13)27)21(29)17-14(20(15)28)10-5-11(23)22(17,30)7(2)32-10/h6-8,10-11,23,28-30H,3-5H2,1-2H3,(H,24,25)/t6-,7+,8+,10-,11?,22+/m0/s1. The number of hydrogen-bond acceptors (Lipinski definition) is 9. The van der Waals surface area contributed by atoms with Gasteiger partial charge in [0, 0.05) is 35.1 Å². The highest BCUT2D eigenvalue weighted by atomic mass is 16.5. The molecule has 0 saturated carbocycles. The van der Waals surface area contributed by atoms with E-state index in [2.05, 4.69) is 0 Å². The molecule has 10 heteroatoms. The number of ether oxygens (including phenoxy) is 2. The third kappa shape index (κ3) is 2.46. The molecule has 1 unspecified atom stereocenters. The molecular weight excluding hydrogens is 424 g/mol. The molecule has 1 saturated heterocycles. The second-order valence-corrected chi connectivity index (χ2v) is 8.83. The van der Waals surface area contributed by atoms with Crippen molar-refractivity contribution in [3.63, 3.8) is 0 Å². The van der Waals surface area contributed by atoms with Crippen molar-refractivity contribution >= 4 is 17.5 Å². The van der Waals surface area contributed by atoms with Crippen molar-refractivity contribution in [1.29, 1.82) is 0 Å². The number of phenols is 2. The second-order valence-electron chi connectivity index (χ2n) is 8.83. The summed E-state index contributed by atoms with van der Waals surface area (Å²) in [7, 11) is 0. The number of hydrogen-bond donors (Lipinski definition) is 5. The lowest BCUT2D eigenvalue weighted by Crippen LogP contribution is -2.58. The van der Waals surface area contributed by atoms with E-state index in [0.717, 1.165) is 0 Å². The maximum absolute atomic E-state index is 13.4. The molecule has 3 heterocycles. The van der Waals surface area contributed by atoms with E-state index in [9.17, 15) is 34.8 Å². The summed E-state index contributed by atoms with van der Waals surface area (Å²) in [5.41, 5.74) is -3.17. The van der Waals surface area contributed by atoms with Crippen molar-refractivity contribution in [2.75, 3.05) is 0 Å². The summed E-state index contributed by atoms with van der Waals surface area (Å²) in [6.45, 7) is 3.01. The molecule has 0 aromatic heterocycles. The van der Waals surface area contributed by atoms with Crippen LogP contribution in [0.3, 0.4) is 0 Å². The molecule has 3 aliphatic heterocycles. The Balaban J connectivity index is 1.73. The number of carboxylic acids is 1. The van der Waals surface area contributed by atoms with Crippen LogP contribution in [0, 0.1) is 0 Å². The molecule has 170 valence electrons. The van der Waals surface area contributed by atoms with E-state index in [4.69, 9.17) is 14.6 Å². The molecular formula is C22H22O10. The highest BCUT2D eigenvalue weighted by Crippen LogP contribution is 2.59. The normalized spacial score (nSPS) is 35.4. The summed E-state index contributed by atoms with van der Waals surface area (Å²) in [6, 6.07) is 0. The first-order valence-corrected chi connectivity index (χ1v) is 10.4. The number of benzene rings is 1. The Hall–Kier alpha value is -2.79. The van der Waals surface area contributed by atoms with E-state index in [1.165, 1.54) is 13.8 Å². The zero-order chi connectivity index (χ0) is 23.3. The largest absolute Gasteiger partial charge is 0.507 e. The van der Waals surface area contributed by atoms with Gasteiger partial charge in [-0.2, -0.15) is 0 Å². The first-order valence-electron chi connectivity index (χ1n) is 10.4. The fraction of sp³-hybridized carbons (Fsp3) is 0.500.